The van der Waals surface area contributed by atoms with Crippen LogP contribution in [-0.2, 0) is 21.0 Å². The first-order valence-corrected chi connectivity index (χ1v) is 9.93. The van der Waals surface area contributed by atoms with Crippen LogP contribution in [0.2, 0.25) is 0 Å². The van der Waals surface area contributed by atoms with E-state index in [2.05, 4.69) is 15.6 Å². The number of hydrogen-bond donors (Lipinski definition) is 1. The smallest absolute Gasteiger partial charge is 0.228 e. The molecule has 1 atom stereocenters. The highest BCUT2D eigenvalue weighted by atomic mass is 16.7. The van der Waals surface area contributed by atoms with E-state index in [1.165, 1.54) is 0 Å². The predicted molar refractivity (Wildman–Crippen MR) is 109 cm³/mol. The summed E-state index contributed by atoms with van der Waals surface area (Å²) in [6.07, 6.45) is 1.14. The number of benzene rings is 1. The van der Waals surface area contributed by atoms with E-state index < -0.39 is 6.23 Å². The molecule has 2 amide bonds. The lowest BCUT2D eigenvalue weighted by molar-refractivity contribution is -0.128. The van der Waals surface area contributed by atoms with Gasteiger partial charge < -0.3 is 10.2 Å². The van der Waals surface area contributed by atoms with Crippen molar-refractivity contribution >= 4 is 23.3 Å². The van der Waals surface area contributed by atoms with Crippen LogP contribution in [0.25, 0.3) is 0 Å². The molecule has 2 aliphatic rings. The standard InChI is InChI=1S/C21H25N5O3/c1-14-5-3-6-16(11-14)17-13-19(29-24-17)22-18(27)7-8-21(28)25-9-4-10-26-20(25)12-15(2)23-26/h3,5-6,11-12,19H,4,7-10,13H2,1-2H3,(H,22,27). The number of nitrogens with one attached hydrogen (secondary N) is 1. The van der Waals surface area contributed by atoms with Gasteiger partial charge in [-0.2, -0.15) is 5.10 Å². The Labute approximate surface area is 169 Å². The molecule has 0 aliphatic carbocycles. The van der Waals surface area contributed by atoms with E-state index in [0.29, 0.717) is 13.0 Å². The van der Waals surface area contributed by atoms with Crippen LogP contribution in [0.5, 0.6) is 0 Å². The molecule has 0 saturated carbocycles. The van der Waals surface area contributed by atoms with Crippen LogP contribution in [0.1, 0.15) is 42.5 Å². The molecule has 1 aromatic carbocycles. The van der Waals surface area contributed by atoms with Crippen molar-refractivity contribution in [3.63, 3.8) is 0 Å². The van der Waals surface area contributed by atoms with Gasteiger partial charge in [-0.25, -0.2) is 4.68 Å². The average molecular weight is 395 g/mol. The number of hydrogen-bond acceptors (Lipinski definition) is 5. The first kappa shape index (κ1) is 19.2. The number of nitrogens with zero attached hydrogens (tertiary/aromatic N) is 4. The van der Waals surface area contributed by atoms with Gasteiger partial charge >= 0.3 is 0 Å². The van der Waals surface area contributed by atoms with Crippen LogP contribution < -0.4 is 10.2 Å². The zero-order valence-corrected chi connectivity index (χ0v) is 16.7. The van der Waals surface area contributed by atoms with Crippen LogP contribution >= 0.6 is 0 Å². The summed E-state index contributed by atoms with van der Waals surface area (Å²) in [7, 11) is 0. The number of rotatable bonds is 5. The first-order valence-electron chi connectivity index (χ1n) is 9.93. The molecule has 1 N–H and O–H groups in total. The fourth-order valence-corrected chi connectivity index (χ4v) is 3.72. The quantitative estimate of drug-likeness (QED) is 0.841. The van der Waals surface area contributed by atoms with Gasteiger partial charge in [-0.15, -0.1) is 0 Å². The van der Waals surface area contributed by atoms with Crippen molar-refractivity contribution in [1.29, 1.82) is 0 Å². The molecule has 0 saturated heterocycles. The van der Waals surface area contributed by atoms with Gasteiger partial charge in [0.1, 0.15) is 5.82 Å². The van der Waals surface area contributed by atoms with E-state index in [1.807, 2.05) is 48.9 Å². The summed E-state index contributed by atoms with van der Waals surface area (Å²) >= 11 is 0. The summed E-state index contributed by atoms with van der Waals surface area (Å²) < 4.78 is 1.85. The van der Waals surface area contributed by atoms with Crippen LogP contribution in [-0.4, -0.2) is 40.1 Å². The van der Waals surface area contributed by atoms with E-state index in [4.69, 9.17) is 4.84 Å². The fourth-order valence-electron chi connectivity index (χ4n) is 3.72. The van der Waals surface area contributed by atoms with Gasteiger partial charge in [0.25, 0.3) is 0 Å². The predicted octanol–water partition coefficient (Wildman–Crippen LogP) is 2.28. The molecule has 0 spiro atoms. The number of carbonyl (C=O) groups is 2. The van der Waals surface area contributed by atoms with E-state index in [0.717, 1.165) is 41.3 Å². The molecule has 8 nitrogen and oxygen atoms in total. The summed E-state index contributed by atoms with van der Waals surface area (Å²) in [6.45, 7) is 5.41. The molecular weight excluding hydrogens is 370 g/mol. The van der Waals surface area contributed by atoms with E-state index in [1.54, 1.807) is 4.90 Å². The molecule has 1 unspecified atom stereocenters. The maximum Gasteiger partial charge on any atom is 0.228 e. The third-order valence-corrected chi connectivity index (χ3v) is 5.12. The monoisotopic (exact) mass is 395 g/mol. The highest BCUT2D eigenvalue weighted by molar-refractivity contribution is 6.01. The molecule has 0 bridgehead atoms. The highest BCUT2D eigenvalue weighted by Crippen LogP contribution is 2.22. The molecule has 0 fully saturated rings. The summed E-state index contributed by atoms with van der Waals surface area (Å²) in [5.74, 6) is 0.533. The Morgan fingerprint density at radius 2 is 2.07 bits per heavy atom. The van der Waals surface area contributed by atoms with Crippen molar-refractivity contribution in [2.45, 2.75) is 52.3 Å². The van der Waals surface area contributed by atoms with Gasteiger partial charge in [0.15, 0.2) is 0 Å². The SMILES string of the molecule is Cc1cccc(C2=NOC(NC(=O)CCC(=O)N3CCCn4nc(C)cc43)C2)c1. The highest BCUT2D eigenvalue weighted by Gasteiger charge is 2.26. The van der Waals surface area contributed by atoms with Crippen LogP contribution in [0.15, 0.2) is 35.5 Å². The van der Waals surface area contributed by atoms with Crippen molar-refractivity contribution in [2.24, 2.45) is 5.16 Å². The summed E-state index contributed by atoms with van der Waals surface area (Å²) in [5.41, 5.74) is 3.84. The molecule has 152 valence electrons. The Kier molecular flexibility index (Phi) is 5.33. The Morgan fingerprint density at radius 3 is 2.90 bits per heavy atom. The lowest BCUT2D eigenvalue weighted by Crippen LogP contribution is -2.39. The van der Waals surface area contributed by atoms with Crippen molar-refractivity contribution < 1.29 is 14.4 Å². The summed E-state index contributed by atoms with van der Waals surface area (Å²) in [5, 5.41) is 11.3. The molecule has 4 rings (SSSR count). The molecule has 0 radical (unpaired) electrons. The number of aromatic nitrogens is 2. The molecular formula is C21H25N5O3. The molecule has 2 aliphatic heterocycles. The lowest BCUT2D eigenvalue weighted by Gasteiger charge is -2.27. The van der Waals surface area contributed by atoms with Crippen molar-refractivity contribution in [3.8, 4) is 0 Å². The van der Waals surface area contributed by atoms with Crippen molar-refractivity contribution in [3.05, 3.63) is 47.2 Å². The largest absolute Gasteiger partial charge is 0.370 e. The maximum atomic E-state index is 12.6. The molecule has 1 aromatic heterocycles. The van der Waals surface area contributed by atoms with Gasteiger partial charge in [-0.05, 0) is 25.8 Å². The lowest BCUT2D eigenvalue weighted by atomic mass is 10.0. The second kappa shape index (κ2) is 8.06. The van der Waals surface area contributed by atoms with Crippen LogP contribution in [0, 0.1) is 13.8 Å². The van der Waals surface area contributed by atoms with Gasteiger partial charge in [0, 0.05) is 32.0 Å². The van der Waals surface area contributed by atoms with Crippen LogP contribution in [0.3, 0.4) is 0 Å². The summed E-state index contributed by atoms with van der Waals surface area (Å²) in [6, 6.07) is 9.92. The van der Waals surface area contributed by atoms with Crippen molar-refractivity contribution in [1.82, 2.24) is 15.1 Å². The second-order valence-electron chi connectivity index (χ2n) is 7.54. The van der Waals surface area contributed by atoms with Gasteiger partial charge in [0.2, 0.25) is 18.0 Å². The average Bonchev–Trinajstić information content (AvgIpc) is 3.31. The molecule has 29 heavy (non-hydrogen) atoms. The number of fused-ring (bicyclic) bond motifs is 1. The third-order valence-electron chi connectivity index (χ3n) is 5.12. The minimum Gasteiger partial charge on any atom is -0.370 e. The van der Waals surface area contributed by atoms with Gasteiger partial charge in [-0.3, -0.25) is 14.5 Å². The zero-order chi connectivity index (χ0) is 20.4. The first-order chi connectivity index (χ1) is 14.0. The zero-order valence-electron chi connectivity index (χ0n) is 16.7. The number of amides is 2. The number of oxime groups is 1. The molecule has 8 heteroatoms. The minimum atomic E-state index is -0.493. The van der Waals surface area contributed by atoms with Gasteiger partial charge in [0.05, 0.1) is 17.8 Å². The number of anilines is 1. The van der Waals surface area contributed by atoms with Gasteiger partial charge in [-0.1, -0.05) is 35.0 Å². The van der Waals surface area contributed by atoms with E-state index in [9.17, 15) is 9.59 Å². The number of aryl methyl sites for hydroxylation is 3. The Morgan fingerprint density at radius 1 is 1.21 bits per heavy atom. The Balaban J connectivity index is 1.26. The second-order valence-corrected chi connectivity index (χ2v) is 7.54. The maximum absolute atomic E-state index is 12.6. The molecule has 2 aromatic rings. The number of carbonyl (C=O) groups excluding carboxylic acids is 2. The Hall–Kier alpha value is -3.16. The normalized spacial score (nSPS) is 18.1. The van der Waals surface area contributed by atoms with Crippen molar-refractivity contribution in [2.75, 3.05) is 11.4 Å². The topological polar surface area (TPSA) is 88.8 Å². The fraction of sp³-hybridized carbons (Fsp3) is 0.429. The Bertz CT molecular complexity index is 965. The van der Waals surface area contributed by atoms with Crippen LogP contribution in [0.4, 0.5) is 5.82 Å². The third kappa shape index (κ3) is 4.31. The summed E-state index contributed by atoms with van der Waals surface area (Å²) in [4.78, 5) is 32.0. The molecule has 3 heterocycles. The van der Waals surface area contributed by atoms with E-state index in [-0.39, 0.29) is 24.7 Å². The minimum absolute atomic E-state index is 0.0648. The van der Waals surface area contributed by atoms with E-state index >= 15 is 0 Å².